The summed E-state index contributed by atoms with van der Waals surface area (Å²) >= 11 is 0. The van der Waals surface area contributed by atoms with Gasteiger partial charge in [-0.2, -0.15) is 0 Å². The molecule has 1 fully saturated rings. The molecule has 108 valence electrons. The maximum atomic E-state index is 5.79. The maximum absolute atomic E-state index is 5.79. The standard InChI is InChI=1S/C12H27NO4Si/c1-4-15-18(16-5-2,17-6-3)9-7-8-13-10-12-11-14-12/h12-13H,4-11H2,1-3H3. The molecule has 5 nitrogen and oxygen atoms in total. The second-order valence-corrected chi connectivity index (χ2v) is 6.98. The van der Waals surface area contributed by atoms with E-state index in [0.29, 0.717) is 25.9 Å². The van der Waals surface area contributed by atoms with Crippen LogP contribution in [-0.4, -0.2) is 54.4 Å². The zero-order chi connectivity index (χ0) is 13.3. The van der Waals surface area contributed by atoms with E-state index in [-0.39, 0.29) is 0 Å². The van der Waals surface area contributed by atoms with E-state index in [9.17, 15) is 0 Å². The van der Waals surface area contributed by atoms with E-state index in [1.807, 2.05) is 20.8 Å². The number of hydrogen-bond donors (Lipinski definition) is 1. The van der Waals surface area contributed by atoms with Crippen molar-refractivity contribution in [2.45, 2.75) is 39.3 Å². The first-order valence-electron chi connectivity index (χ1n) is 7.00. The molecule has 1 aliphatic rings. The van der Waals surface area contributed by atoms with Gasteiger partial charge in [0.2, 0.25) is 0 Å². The van der Waals surface area contributed by atoms with Gasteiger partial charge in [0.1, 0.15) is 0 Å². The Balaban J connectivity index is 2.22. The fraction of sp³-hybridized carbons (Fsp3) is 1.00. The van der Waals surface area contributed by atoms with Crippen LogP contribution in [0.5, 0.6) is 0 Å². The summed E-state index contributed by atoms with van der Waals surface area (Å²) in [5.74, 6) is 0. The first-order valence-corrected chi connectivity index (χ1v) is 8.93. The molecule has 18 heavy (non-hydrogen) atoms. The molecule has 0 spiro atoms. The molecular weight excluding hydrogens is 250 g/mol. The van der Waals surface area contributed by atoms with Gasteiger partial charge in [-0.3, -0.25) is 0 Å². The largest absolute Gasteiger partial charge is 0.500 e. The van der Waals surface area contributed by atoms with Crippen molar-refractivity contribution < 1.29 is 18.0 Å². The molecule has 1 rings (SSSR count). The summed E-state index contributed by atoms with van der Waals surface area (Å²) in [7, 11) is -2.43. The van der Waals surface area contributed by atoms with Crippen molar-refractivity contribution in [2.24, 2.45) is 0 Å². The number of nitrogens with one attached hydrogen (secondary N) is 1. The highest BCUT2D eigenvalue weighted by atomic mass is 28.4. The zero-order valence-electron chi connectivity index (χ0n) is 11.9. The van der Waals surface area contributed by atoms with Crippen LogP contribution < -0.4 is 5.32 Å². The Morgan fingerprint density at radius 2 is 1.67 bits per heavy atom. The van der Waals surface area contributed by atoms with E-state index >= 15 is 0 Å². The van der Waals surface area contributed by atoms with Crippen LogP contribution >= 0.6 is 0 Å². The summed E-state index contributed by atoms with van der Waals surface area (Å²) in [4.78, 5) is 0. The van der Waals surface area contributed by atoms with Gasteiger partial charge < -0.3 is 23.3 Å². The zero-order valence-corrected chi connectivity index (χ0v) is 12.9. The summed E-state index contributed by atoms with van der Waals surface area (Å²) in [6.45, 7) is 10.7. The summed E-state index contributed by atoms with van der Waals surface area (Å²) in [6, 6.07) is 0.876. The number of ether oxygens (including phenoxy) is 1. The quantitative estimate of drug-likeness (QED) is 0.332. The molecule has 1 unspecified atom stereocenters. The molecule has 0 radical (unpaired) electrons. The van der Waals surface area contributed by atoms with Crippen molar-refractivity contribution in [3.63, 3.8) is 0 Å². The highest BCUT2D eigenvalue weighted by Crippen LogP contribution is 2.17. The predicted octanol–water partition coefficient (Wildman–Crippen LogP) is 1.41. The molecule has 0 bridgehead atoms. The van der Waals surface area contributed by atoms with Crippen molar-refractivity contribution in [3.05, 3.63) is 0 Å². The lowest BCUT2D eigenvalue weighted by molar-refractivity contribution is 0.0708. The van der Waals surface area contributed by atoms with Gasteiger partial charge in [0.05, 0.1) is 12.7 Å². The van der Waals surface area contributed by atoms with Crippen molar-refractivity contribution in [1.82, 2.24) is 5.32 Å². The fourth-order valence-electron chi connectivity index (χ4n) is 1.88. The van der Waals surface area contributed by atoms with Gasteiger partial charge in [-0.15, -0.1) is 0 Å². The minimum Gasteiger partial charge on any atom is -0.374 e. The molecule has 1 aliphatic heterocycles. The predicted molar refractivity (Wildman–Crippen MR) is 72.7 cm³/mol. The van der Waals surface area contributed by atoms with E-state index in [0.717, 1.165) is 32.2 Å². The third-order valence-electron chi connectivity index (χ3n) is 2.70. The van der Waals surface area contributed by atoms with Crippen LogP contribution in [0.2, 0.25) is 6.04 Å². The van der Waals surface area contributed by atoms with Gasteiger partial charge in [0, 0.05) is 32.4 Å². The Morgan fingerprint density at radius 3 is 2.11 bits per heavy atom. The topological polar surface area (TPSA) is 52.2 Å². The summed E-state index contributed by atoms with van der Waals surface area (Å²) in [6.07, 6.45) is 1.46. The van der Waals surface area contributed by atoms with Crippen molar-refractivity contribution in [3.8, 4) is 0 Å². The number of hydrogen-bond acceptors (Lipinski definition) is 5. The Morgan fingerprint density at radius 1 is 1.11 bits per heavy atom. The summed E-state index contributed by atoms with van der Waals surface area (Å²) in [5.41, 5.74) is 0. The molecule has 1 heterocycles. The molecular formula is C12H27NO4Si. The molecule has 0 amide bonds. The van der Waals surface area contributed by atoms with E-state index in [1.165, 1.54) is 0 Å². The van der Waals surface area contributed by atoms with Crippen LogP contribution in [-0.2, 0) is 18.0 Å². The second-order valence-electron chi connectivity index (χ2n) is 4.25. The fourth-order valence-corrected chi connectivity index (χ4v) is 4.49. The maximum Gasteiger partial charge on any atom is 0.500 e. The summed E-state index contributed by atoms with van der Waals surface area (Å²) in [5, 5.41) is 3.38. The highest BCUT2D eigenvalue weighted by molar-refractivity contribution is 6.60. The molecule has 1 N–H and O–H groups in total. The third-order valence-corrected chi connectivity index (χ3v) is 5.86. The SMILES string of the molecule is CCO[Si](CCCNCC1CO1)(OCC)OCC. The van der Waals surface area contributed by atoms with E-state index in [1.54, 1.807) is 0 Å². The van der Waals surface area contributed by atoms with Gasteiger partial charge in [-0.25, -0.2) is 0 Å². The van der Waals surface area contributed by atoms with Crippen molar-refractivity contribution in [2.75, 3.05) is 39.5 Å². The monoisotopic (exact) mass is 277 g/mol. The first-order chi connectivity index (χ1) is 8.76. The van der Waals surface area contributed by atoms with Crippen LogP contribution in [0.4, 0.5) is 0 Å². The molecule has 0 aromatic rings. The third kappa shape index (κ3) is 6.26. The number of rotatable bonds is 12. The summed E-state index contributed by atoms with van der Waals surface area (Å²) < 4.78 is 22.5. The van der Waals surface area contributed by atoms with Crippen LogP contribution in [0, 0.1) is 0 Å². The Labute approximate surface area is 112 Å². The average Bonchev–Trinajstić information content (AvgIpc) is 3.14. The van der Waals surface area contributed by atoms with Crippen LogP contribution in [0.15, 0.2) is 0 Å². The Kier molecular flexibility index (Phi) is 8.04. The lowest BCUT2D eigenvalue weighted by Crippen LogP contribution is -2.46. The molecule has 1 saturated heterocycles. The average molecular weight is 277 g/mol. The highest BCUT2D eigenvalue weighted by Gasteiger charge is 2.39. The molecule has 0 saturated carbocycles. The van der Waals surface area contributed by atoms with E-state index in [4.69, 9.17) is 18.0 Å². The molecule has 1 atom stereocenters. The molecule has 0 aromatic heterocycles. The Bertz CT molecular complexity index is 197. The lowest BCUT2D eigenvalue weighted by atomic mass is 10.4. The van der Waals surface area contributed by atoms with Gasteiger partial charge >= 0.3 is 8.80 Å². The van der Waals surface area contributed by atoms with Crippen molar-refractivity contribution >= 4 is 8.80 Å². The molecule has 0 aromatic carbocycles. The normalized spacial score (nSPS) is 19.2. The van der Waals surface area contributed by atoms with Crippen LogP contribution in [0.3, 0.4) is 0 Å². The minimum atomic E-state index is -2.43. The Hall–Kier alpha value is 0.0169. The first kappa shape index (κ1) is 16.1. The van der Waals surface area contributed by atoms with Gasteiger partial charge in [-0.1, -0.05) is 0 Å². The van der Waals surface area contributed by atoms with Gasteiger partial charge in [-0.05, 0) is 33.7 Å². The van der Waals surface area contributed by atoms with Gasteiger partial charge in [0.15, 0.2) is 0 Å². The van der Waals surface area contributed by atoms with Crippen LogP contribution in [0.1, 0.15) is 27.2 Å². The van der Waals surface area contributed by atoms with Crippen LogP contribution in [0.25, 0.3) is 0 Å². The molecule has 0 aliphatic carbocycles. The number of epoxide rings is 1. The lowest BCUT2D eigenvalue weighted by Gasteiger charge is -2.28. The van der Waals surface area contributed by atoms with E-state index in [2.05, 4.69) is 5.32 Å². The molecule has 6 heteroatoms. The van der Waals surface area contributed by atoms with Crippen molar-refractivity contribution in [1.29, 1.82) is 0 Å². The minimum absolute atomic E-state index is 0.442. The van der Waals surface area contributed by atoms with Gasteiger partial charge in [0.25, 0.3) is 0 Å². The smallest absolute Gasteiger partial charge is 0.374 e. The second kappa shape index (κ2) is 9.01. The van der Waals surface area contributed by atoms with E-state index < -0.39 is 8.80 Å².